The lowest BCUT2D eigenvalue weighted by atomic mass is 10.2. The molecular formula is C15H20N2O3S. The molecule has 0 unspecified atom stereocenters. The van der Waals surface area contributed by atoms with Crippen LogP contribution in [0.4, 0.5) is 0 Å². The fraction of sp³-hybridized carbons (Fsp3) is 0.467. The molecule has 5 nitrogen and oxygen atoms in total. The summed E-state index contributed by atoms with van der Waals surface area (Å²) in [5.41, 5.74) is 6.28. The number of benzene rings is 1. The highest BCUT2D eigenvalue weighted by molar-refractivity contribution is 7.80. The smallest absolute Gasteiger partial charge is 0.260 e. The van der Waals surface area contributed by atoms with Crippen molar-refractivity contribution in [1.29, 1.82) is 0 Å². The zero-order chi connectivity index (χ0) is 15.4. The number of nitrogens with two attached hydrogens (primary N) is 1. The summed E-state index contributed by atoms with van der Waals surface area (Å²) >= 11 is 4.93. The monoisotopic (exact) mass is 308 g/mol. The van der Waals surface area contributed by atoms with E-state index in [1.807, 2.05) is 11.8 Å². The Morgan fingerprint density at radius 3 is 2.67 bits per heavy atom. The zero-order valence-corrected chi connectivity index (χ0v) is 13.1. The average Bonchev–Trinajstić information content (AvgIpc) is 3.30. The van der Waals surface area contributed by atoms with Gasteiger partial charge in [-0.3, -0.25) is 4.79 Å². The number of methoxy groups -OCH3 is 1. The average molecular weight is 308 g/mol. The lowest BCUT2D eigenvalue weighted by Crippen LogP contribution is -2.36. The molecule has 2 N–H and O–H groups in total. The van der Waals surface area contributed by atoms with Crippen LogP contribution in [-0.4, -0.2) is 42.1 Å². The van der Waals surface area contributed by atoms with Crippen molar-refractivity contribution in [1.82, 2.24) is 4.90 Å². The van der Waals surface area contributed by atoms with Crippen molar-refractivity contribution in [2.75, 3.05) is 20.3 Å². The Hall–Kier alpha value is -1.82. The van der Waals surface area contributed by atoms with Gasteiger partial charge in [-0.1, -0.05) is 12.2 Å². The van der Waals surface area contributed by atoms with E-state index >= 15 is 0 Å². The first-order valence-corrected chi connectivity index (χ1v) is 7.37. The van der Waals surface area contributed by atoms with Gasteiger partial charge in [0.2, 0.25) is 0 Å². The van der Waals surface area contributed by atoms with Gasteiger partial charge >= 0.3 is 0 Å². The second-order valence-corrected chi connectivity index (χ2v) is 5.37. The zero-order valence-electron chi connectivity index (χ0n) is 12.3. The van der Waals surface area contributed by atoms with Crippen molar-refractivity contribution in [2.24, 2.45) is 5.73 Å². The second kappa shape index (κ2) is 6.76. The Bertz CT molecular complexity index is 544. The summed E-state index contributed by atoms with van der Waals surface area (Å²) < 4.78 is 10.8. The van der Waals surface area contributed by atoms with E-state index in [2.05, 4.69) is 0 Å². The van der Waals surface area contributed by atoms with E-state index in [0.717, 1.165) is 12.8 Å². The Morgan fingerprint density at radius 1 is 1.43 bits per heavy atom. The third kappa shape index (κ3) is 3.85. The summed E-state index contributed by atoms with van der Waals surface area (Å²) in [5.74, 6) is 1.03. The number of thiocarbonyl (C=S) groups is 1. The van der Waals surface area contributed by atoms with E-state index in [0.29, 0.717) is 34.6 Å². The van der Waals surface area contributed by atoms with Gasteiger partial charge in [0.25, 0.3) is 5.91 Å². The molecule has 1 aromatic rings. The highest BCUT2D eigenvalue weighted by atomic mass is 32.1. The molecule has 0 aliphatic heterocycles. The summed E-state index contributed by atoms with van der Waals surface area (Å²) in [6.45, 7) is 2.70. The van der Waals surface area contributed by atoms with Crippen LogP contribution < -0.4 is 15.2 Å². The van der Waals surface area contributed by atoms with Crippen molar-refractivity contribution in [2.45, 2.75) is 25.8 Å². The van der Waals surface area contributed by atoms with Gasteiger partial charge < -0.3 is 20.1 Å². The first-order valence-electron chi connectivity index (χ1n) is 6.97. The van der Waals surface area contributed by atoms with Crippen molar-refractivity contribution in [3.05, 3.63) is 23.8 Å². The van der Waals surface area contributed by atoms with Crippen LogP contribution in [0.2, 0.25) is 0 Å². The number of likely N-dealkylation sites (N-methyl/N-ethyl adjacent to an activating group) is 1. The summed E-state index contributed by atoms with van der Waals surface area (Å²) in [6, 6.07) is 5.57. The highest BCUT2D eigenvalue weighted by Crippen LogP contribution is 2.29. The number of nitrogens with zero attached hydrogens (tertiary/aromatic N) is 1. The van der Waals surface area contributed by atoms with Crippen LogP contribution in [0.25, 0.3) is 0 Å². The van der Waals surface area contributed by atoms with Crippen molar-refractivity contribution >= 4 is 23.1 Å². The Labute approximate surface area is 130 Å². The van der Waals surface area contributed by atoms with Gasteiger partial charge in [-0.25, -0.2) is 0 Å². The largest absolute Gasteiger partial charge is 0.493 e. The van der Waals surface area contributed by atoms with Gasteiger partial charge in [-0.15, -0.1) is 0 Å². The molecule has 1 fully saturated rings. The number of rotatable bonds is 7. The van der Waals surface area contributed by atoms with Gasteiger partial charge in [0, 0.05) is 18.2 Å². The minimum absolute atomic E-state index is 0.000440. The lowest BCUT2D eigenvalue weighted by molar-refractivity contribution is -0.133. The van der Waals surface area contributed by atoms with Gasteiger partial charge in [0.1, 0.15) is 4.99 Å². The van der Waals surface area contributed by atoms with E-state index in [-0.39, 0.29) is 12.5 Å². The third-order valence-electron chi connectivity index (χ3n) is 3.45. The Morgan fingerprint density at radius 2 is 2.14 bits per heavy atom. The van der Waals surface area contributed by atoms with Crippen molar-refractivity contribution < 1.29 is 14.3 Å². The van der Waals surface area contributed by atoms with Crippen LogP contribution in [0.15, 0.2) is 18.2 Å². The molecule has 1 aliphatic rings. The van der Waals surface area contributed by atoms with Crippen LogP contribution in [-0.2, 0) is 4.79 Å². The summed E-state index contributed by atoms with van der Waals surface area (Å²) in [4.78, 5) is 14.3. The van der Waals surface area contributed by atoms with Gasteiger partial charge in [-0.05, 0) is 38.0 Å². The van der Waals surface area contributed by atoms with E-state index in [4.69, 9.17) is 27.4 Å². The summed E-state index contributed by atoms with van der Waals surface area (Å²) in [6.07, 6.45) is 2.18. The van der Waals surface area contributed by atoms with Crippen LogP contribution in [0.1, 0.15) is 25.3 Å². The fourth-order valence-electron chi connectivity index (χ4n) is 2.19. The molecule has 0 atom stereocenters. The topological polar surface area (TPSA) is 64.8 Å². The lowest BCUT2D eigenvalue weighted by Gasteiger charge is -2.20. The minimum atomic E-state index is 0.000440. The Balaban J connectivity index is 2.02. The van der Waals surface area contributed by atoms with Crippen LogP contribution in [0.5, 0.6) is 11.5 Å². The van der Waals surface area contributed by atoms with Crippen LogP contribution in [0, 0.1) is 0 Å². The predicted molar refractivity (Wildman–Crippen MR) is 84.8 cm³/mol. The maximum absolute atomic E-state index is 12.1. The standard InChI is InChI=1S/C15H20N2O3S/c1-3-17(11-5-6-11)14(18)9-20-12-7-4-10(15(16)21)8-13(12)19-2/h4,7-8,11H,3,5-6,9H2,1-2H3,(H2,16,21). The quantitative estimate of drug-likeness (QED) is 0.777. The number of ether oxygens (including phenoxy) is 2. The molecule has 2 rings (SSSR count). The van der Waals surface area contributed by atoms with E-state index in [9.17, 15) is 4.79 Å². The maximum atomic E-state index is 12.1. The van der Waals surface area contributed by atoms with E-state index in [1.165, 1.54) is 7.11 Å². The highest BCUT2D eigenvalue weighted by Gasteiger charge is 2.31. The van der Waals surface area contributed by atoms with E-state index in [1.54, 1.807) is 18.2 Å². The minimum Gasteiger partial charge on any atom is -0.493 e. The predicted octanol–water partition coefficient (Wildman–Crippen LogP) is 1.72. The van der Waals surface area contributed by atoms with Gasteiger partial charge in [0.05, 0.1) is 7.11 Å². The third-order valence-corrected chi connectivity index (χ3v) is 3.68. The van der Waals surface area contributed by atoms with Crippen LogP contribution >= 0.6 is 12.2 Å². The molecule has 114 valence electrons. The molecule has 1 aliphatic carbocycles. The maximum Gasteiger partial charge on any atom is 0.260 e. The molecular weight excluding hydrogens is 288 g/mol. The first kappa shape index (κ1) is 15.6. The van der Waals surface area contributed by atoms with Crippen molar-refractivity contribution in [3.63, 3.8) is 0 Å². The number of carbonyl (C=O) groups excluding carboxylic acids is 1. The normalized spacial score (nSPS) is 13.6. The van der Waals surface area contributed by atoms with E-state index < -0.39 is 0 Å². The molecule has 0 radical (unpaired) electrons. The molecule has 0 heterocycles. The molecule has 0 saturated heterocycles. The number of hydrogen-bond donors (Lipinski definition) is 1. The molecule has 1 aromatic carbocycles. The molecule has 0 aromatic heterocycles. The summed E-state index contributed by atoms with van der Waals surface area (Å²) in [7, 11) is 1.54. The van der Waals surface area contributed by atoms with Crippen LogP contribution in [0.3, 0.4) is 0 Å². The molecule has 0 bridgehead atoms. The number of hydrogen-bond acceptors (Lipinski definition) is 4. The Kier molecular flexibility index (Phi) is 5.01. The van der Waals surface area contributed by atoms with Crippen molar-refractivity contribution in [3.8, 4) is 11.5 Å². The first-order chi connectivity index (χ1) is 10.1. The fourth-order valence-corrected chi connectivity index (χ4v) is 2.31. The number of carbonyl (C=O) groups is 1. The second-order valence-electron chi connectivity index (χ2n) is 4.93. The SMILES string of the molecule is CCN(C(=O)COc1ccc(C(N)=S)cc1OC)C1CC1. The molecule has 0 spiro atoms. The molecule has 6 heteroatoms. The molecule has 1 saturated carbocycles. The van der Waals surface area contributed by atoms with Gasteiger partial charge in [0.15, 0.2) is 18.1 Å². The molecule has 21 heavy (non-hydrogen) atoms. The summed E-state index contributed by atoms with van der Waals surface area (Å²) in [5, 5.41) is 0. The van der Waals surface area contributed by atoms with Gasteiger partial charge in [-0.2, -0.15) is 0 Å². The molecule has 1 amide bonds. The number of amides is 1.